The summed E-state index contributed by atoms with van der Waals surface area (Å²) in [7, 11) is 0. The molecule has 0 saturated carbocycles. The maximum Gasteiger partial charge on any atom is 0.422 e. The van der Waals surface area contributed by atoms with Crippen LogP contribution in [-0.4, -0.2) is 65.4 Å². The van der Waals surface area contributed by atoms with E-state index in [-0.39, 0.29) is 12.0 Å². The molecule has 2 aromatic carbocycles. The lowest BCUT2D eigenvalue weighted by molar-refractivity contribution is -0.154. The molecule has 0 saturated heterocycles. The summed E-state index contributed by atoms with van der Waals surface area (Å²) in [5.41, 5.74) is 3.62. The average molecular weight is 571 g/mol. The molecule has 7 rings (SSSR count). The Morgan fingerprint density at radius 3 is 2.41 bits per heavy atom. The predicted molar refractivity (Wildman–Crippen MR) is 153 cm³/mol. The van der Waals surface area contributed by atoms with Crippen molar-refractivity contribution in [3.63, 3.8) is 0 Å². The topological polar surface area (TPSA) is 84.4 Å². The van der Waals surface area contributed by atoms with Crippen molar-refractivity contribution < 1.29 is 22.6 Å². The van der Waals surface area contributed by atoms with Crippen LogP contribution < -0.4 is 20.1 Å². The Morgan fingerprint density at radius 1 is 0.951 bits per heavy atom. The minimum absolute atomic E-state index is 0.132. The van der Waals surface area contributed by atoms with E-state index < -0.39 is 12.8 Å². The Bertz CT molecular complexity index is 1250. The molecule has 11 heteroatoms. The van der Waals surface area contributed by atoms with Gasteiger partial charge < -0.3 is 25.0 Å². The Labute approximate surface area is 239 Å². The predicted octanol–water partition coefficient (Wildman–Crippen LogP) is 5.46. The highest BCUT2D eigenvalue weighted by atomic mass is 19.4. The van der Waals surface area contributed by atoms with Gasteiger partial charge in [-0.1, -0.05) is 49.9 Å². The average Bonchev–Trinajstić information content (AvgIpc) is 2.95. The largest absolute Gasteiger partial charge is 0.494 e. The quantitative estimate of drug-likeness (QED) is 0.428. The molecule has 6 bridgehead atoms. The van der Waals surface area contributed by atoms with Crippen LogP contribution >= 0.6 is 0 Å². The van der Waals surface area contributed by atoms with Crippen molar-refractivity contribution in [1.29, 1.82) is 0 Å². The highest BCUT2D eigenvalue weighted by Gasteiger charge is 2.29. The molecule has 0 radical (unpaired) electrons. The maximum absolute atomic E-state index is 12.8. The summed E-state index contributed by atoms with van der Waals surface area (Å²) in [6, 6.07) is 15.0. The van der Waals surface area contributed by atoms with Crippen molar-refractivity contribution in [2.24, 2.45) is 0 Å². The van der Waals surface area contributed by atoms with Crippen molar-refractivity contribution in [3.8, 4) is 11.8 Å². The van der Waals surface area contributed by atoms with Crippen molar-refractivity contribution >= 4 is 11.6 Å². The second kappa shape index (κ2) is 14.7. The van der Waals surface area contributed by atoms with Crippen LogP contribution in [0.2, 0.25) is 0 Å². The number of nitrogens with zero attached hydrogens (tertiary/aromatic N) is 4. The Balaban J connectivity index is 1.53. The van der Waals surface area contributed by atoms with Gasteiger partial charge in [-0.25, -0.2) is 0 Å². The molecular weight excluding hydrogens is 533 g/mol. The van der Waals surface area contributed by atoms with Crippen LogP contribution in [0.25, 0.3) is 5.70 Å². The number of benzene rings is 2. The van der Waals surface area contributed by atoms with Gasteiger partial charge in [-0.2, -0.15) is 28.1 Å². The molecule has 0 spiro atoms. The molecule has 1 aromatic heterocycles. The smallest absolute Gasteiger partial charge is 0.422 e. The molecule has 0 amide bonds. The zero-order chi connectivity index (χ0) is 29.1. The number of hydrogen-bond donors (Lipinski definition) is 2. The highest BCUT2D eigenvalue weighted by Crippen LogP contribution is 2.20. The van der Waals surface area contributed by atoms with Gasteiger partial charge in [-0.15, -0.1) is 0 Å². The standard InChI is InChI=1S/C30H37F3N6O2/c1-3-15-39-16-4-14-34-22(2)25-10-6-23(7-11-25)19-27-36-28(38-29(37-27)41-21-30(31,32)33)35-20-24-8-12-26(13-9-24)40-18-5-17-39/h6-13,34H,2-5,14-21H2,1H3,(H,35,36,37,38). The Morgan fingerprint density at radius 2 is 1.68 bits per heavy atom. The van der Waals surface area contributed by atoms with E-state index in [1.54, 1.807) is 0 Å². The van der Waals surface area contributed by atoms with Gasteiger partial charge in [-0.05, 0) is 61.2 Å². The number of halogens is 3. The van der Waals surface area contributed by atoms with E-state index in [2.05, 4.69) is 44.0 Å². The first kappa shape index (κ1) is 30.1. The van der Waals surface area contributed by atoms with E-state index in [4.69, 9.17) is 9.47 Å². The van der Waals surface area contributed by atoms with Gasteiger partial charge in [-0.3, -0.25) is 0 Å². The molecule has 3 aromatic rings. The van der Waals surface area contributed by atoms with E-state index in [1.165, 1.54) is 0 Å². The summed E-state index contributed by atoms with van der Waals surface area (Å²) in [5.74, 6) is 1.20. The number of nitrogens with one attached hydrogen (secondary N) is 2. The van der Waals surface area contributed by atoms with Crippen LogP contribution in [0.15, 0.2) is 55.1 Å². The molecule has 8 nitrogen and oxygen atoms in total. The van der Waals surface area contributed by atoms with E-state index >= 15 is 0 Å². The van der Waals surface area contributed by atoms with E-state index in [0.717, 1.165) is 73.6 Å². The Kier molecular flexibility index (Phi) is 10.8. The first-order valence-electron chi connectivity index (χ1n) is 13.9. The second-order valence-corrected chi connectivity index (χ2v) is 9.94. The number of ether oxygens (including phenoxy) is 2. The first-order valence-corrected chi connectivity index (χ1v) is 13.9. The van der Waals surface area contributed by atoms with Crippen molar-refractivity contribution in [2.45, 2.75) is 45.3 Å². The fourth-order valence-corrected chi connectivity index (χ4v) is 4.43. The van der Waals surface area contributed by atoms with E-state index in [9.17, 15) is 13.2 Å². The number of hydrogen-bond acceptors (Lipinski definition) is 8. The zero-order valence-electron chi connectivity index (χ0n) is 23.3. The number of alkyl halides is 3. The van der Waals surface area contributed by atoms with Crippen LogP contribution in [0.4, 0.5) is 19.1 Å². The number of rotatable bonds is 4. The maximum atomic E-state index is 12.8. The van der Waals surface area contributed by atoms with Crippen LogP contribution in [0.3, 0.4) is 0 Å². The molecule has 2 N–H and O–H groups in total. The van der Waals surface area contributed by atoms with E-state index in [1.807, 2.05) is 48.5 Å². The molecule has 4 aliphatic heterocycles. The number of anilines is 1. The lowest BCUT2D eigenvalue weighted by Crippen LogP contribution is -2.30. The Hall–Kier alpha value is -3.86. The van der Waals surface area contributed by atoms with Crippen molar-refractivity contribution in [1.82, 2.24) is 25.2 Å². The monoisotopic (exact) mass is 570 g/mol. The van der Waals surface area contributed by atoms with Gasteiger partial charge >= 0.3 is 12.2 Å². The molecule has 0 aliphatic carbocycles. The lowest BCUT2D eigenvalue weighted by Gasteiger charge is -2.22. The summed E-state index contributed by atoms with van der Waals surface area (Å²) < 4.78 is 49.1. The normalized spacial score (nSPS) is 15.9. The molecule has 0 fully saturated rings. The molecule has 220 valence electrons. The van der Waals surface area contributed by atoms with Crippen molar-refractivity contribution in [2.75, 3.05) is 44.7 Å². The molecule has 5 heterocycles. The highest BCUT2D eigenvalue weighted by molar-refractivity contribution is 5.61. The molecule has 41 heavy (non-hydrogen) atoms. The second-order valence-electron chi connectivity index (χ2n) is 9.94. The molecular formula is C30H37F3N6O2. The van der Waals surface area contributed by atoms with Crippen LogP contribution in [-0.2, 0) is 13.0 Å². The van der Waals surface area contributed by atoms with E-state index in [0.29, 0.717) is 25.4 Å². The molecule has 0 unspecified atom stereocenters. The zero-order valence-corrected chi connectivity index (χ0v) is 23.3. The summed E-state index contributed by atoms with van der Waals surface area (Å²) >= 11 is 0. The molecule has 0 atom stereocenters. The molecule has 4 aliphatic rings. The van der Waals surface area contributed by atoms with Gasteiger partial charge in [0.1, 0.15) is 11.6 Å². The summed E-state index contributed by atoms with van der Waals surface area (Å²) in [5, 5.41) is 6.49. The van der Waals surface area contributed by atoms with Crippen molar-refractivity contribution in [3.05, 3.63) is 77.6 Å². The van der Waals surface area contributed by atoms with Gasteiger partial charge in [0.05, 0.1) is 6.61 Å². The van der Waals surface area contributed by atoms with Gasteiger partial charge in [0.2, 0.25) is 5.95 Å². The fraction of sp³-hybridized carbons (Fsp3) is 0.433. The van der Waals surface area contributed by atoms with Gasteiger partial charge in [0.25, 0.3) is 0 Å². The minimum Gasteiger partial charge on any atom is -0.494 e. The van der Waals surface area contributed by atoms with Crippen LogP contribution in [0, 0.1) is 0 Å². The third-order valence-electron chi connectivity index (χ3n) is 6.48. The first-order chi connectivity index (χ1) is 19.8. The number of aromatic nitrogens is 3. The SMILES string of the molecule is C=C1NCCCN(CCC)CCCOc2ccc(cc2)CNc2nc(nc(OCC(F)(F)F)n2)Cc2ccc1cc2. The summed E-state index contributed by atoms with van der Waals surface area (Å²) in [6.07, 6.45) is -1.19. The lowest BCUT2D eigenvalue weighted by atomic mass is 10.1. The van der Waals surface area contributed by atoms with Crippen LogP contribution in [0.1, 0.15) is 48.7 Å². The summed E-state index contributed by atoms with van der Waals surface area (Å²) in [4.78, 5) is 15.1. The third kappa shape index (κ3) is 10.2. The summed E-state index contributed by atoms with van der Waals surface area (Å²) in [6.45, 7) is 9.70. The van der Waals surface area contributed by atoms with Gasteiger partial charge in [0.15, 0.2) is 6.61 Å². The van der Waals surface area contributed by atoms with Crippen LogP contribution in [0.5, 0.6) is 11.8 Å². The fourth-order valence-electron chi connectivity index (χ4n) is 4.43. The minimum atomic E-state index is -4.51. The third-order valence-corrected chi connectivity index (χ3v) is 6.48. The van der Waals surface area contributed by atoms with Gasteiger partial charge in [0, 0.05) is 31.8 Å².